The van der Waals surface area contributed by atoms with Gasteiger partial charge in [0.2, 0.25) is 0 Å². The fourth-order valence-electron chi connectivity index (χ4n) is 4.89. The quantitative estimate of drug-likeness (QED) is 0.574. The lowest BCUT2D eigenvalue weighted by molar-refractivity contribution is 0.0279. The van der Waals surface area contributed by atoms with E-state index < -0.39 is 0 Å². The number of aromatic amines is 1. The second kappa shape index (κ2) is 8.29. The largest absolute Gasteiger partial charge is 0.375 e. The molecule has 29 heavy (non-hydrogen) atoms. The average Bonchev–Trinajstić information content (AvgIpc) is 3.04. The Hall–Kier alpha value is -2.17. The summed E-state index contributed by atoms with van der Waals surface area (Å²) in [5.41, 5.74) is 4.66. The van der Waals surface area contributed by atoms with Gasteiger partial charge in [-0.3, -0.25) is 4.90 Å². The van der Waals surface area contributed by atoms with E-state index in [1.165, 1.54) is 24.5 Å². The van der Waals surface area contributed by atoms with Crippen LogP contribution in [0.15, 0.2) is 48.5 Å². The third kappa shape index (κ3) is 3.96. The number of H-pyrrole nitrogens is 1. The van der Waals surface area contributed by atoms with Crippen LogP contribution in [-0.2, 0) is 16.9 Å². The van der Waals surface area contributed by atoms with Crippen LogP contribution in [-0.4, -0.2) is 30.6 Å². The molecule has 0 saturated heterocycles. The van der Waals surface area contributed by atoms with Gasteiger partial charge >= 0.3 is 0 Å². The van der Waals surface area contributed by atoms with Crippen LogP contribution < -0.4 is 0 Å². The van der Waals surface area contributed by atoms with Crippen molar-refractivity contribution in [2.45, 2.75) is 44.8 Å². The smallest absolute Gasteiger partial charge is 0.123 e. The number of aryl methyl sites for hydroxylation is 1. The van der Waals surface area contributed by atoms with Crippen LogP contribution in [0.5, 0.6) is 0 Å². The highest BCUT2D eigenvalue weighted by molar-refractivity contribution is 5.84. The molecule has 0 bridgehead atoms. The van der Waals surface area contributed by atoms with E-state index in [9.17, 15) is 4.39 Å². The first kappa shape index (κ1) is 20.1. The first-order valence-electron chi connectivity index (χ1n) is 10.6. The molecule has 0 spiro atoms. The molecule has 3 aromatic rings. The highest BCUT2D eigenvalue weighted by atomic mass is 19.1. The van der Waals surface area contributed by atoms with Crippen molar-refractivity contribution in [2.24, 2.45) is 5.92 Å². The van der Waals surface area contributed by atoms with E-state index in [1.54, 1.807) is 12.1 Å². The Labute approximate surface area is 172 Å². The minimum Gasteiger partial charge on any atom is -0.375 e. The van der Waals surface area contributed by atoms with Gasteiger partial charge < -0.3 is 9.72 Å². The normalized spacial score (nSPS) is 22.4. The summed E-state index contributed by atoms with van der Waals surface area (Å²) in [7, 11) is 4.40. The van der Waals surface area contributed by atoms with Gasteiger partial charge in [0.25, 0.3) is 0 Å². The standard InChI is InChI=1S/C25H31FN2O/c1-18-22-15-21(26)9-10-23(22)27-24(18)17-29-16-19-11-13-25(14-12-19,28(2)3)20-7-5-4-6-8-20/h4-10,15,19,27H,11-14,16-17H2,1-3H3. The Bertz CT molecular complexity index is 956. The number of rotatable bonds is 6. The van der Waals surface area contributed by atoms with Crippen molar-refractivity contribution in [3.05, 3.63) is 71.2 Å². The Morgan fingerprint density at radius 2 is 1.83 bits per heavy atom. The summed E-state index contributed by atoms with van der Waals surface area (Å²) >= 11 is 0. The third-order valence-corrected chi connectivity index (χ3v) is 6.82. The summed E-state index contributed by atoms with van der Waals surface area (Å²) in [6, 6.07) is 15.8. The molecule has 1 heterocycles. The second-order valence-electron chi connectivity index (χ2n) is 8.67. The lowest BCUT2D eigenvalue weighted by Gasteiger charge is -2.45. The molecule has 1 aromatic heterocycles. The molecule has 1 aliphatic carbocycles. The fourth-order valence-corrected chi connectivity index (χ4v) is 4.89. The van der Waals surface area contributed by atoms with Gasteiger partial charge in [0, 0.05) is 28.7 Å². The minimum absolute atomic E-state index is 0.135. The number of nitrogens with one attached hydrogen (secondary N) is 1. The van der Waals surface area contributed by atoms with Crippen LogP contribution in [0.4, 0.5) is 4.39 Å². The number of hydrogen-bond acceptors (Lipinski definition) is 2. The van der Waals surface area contributed by atoms with Gasteiger partial charge in [-0.1, -0.05) is 30.3 Å². The second-order valence-corrected chi connectivity index (χ2v) is 8.67. The van der Waals surface area contributed by atoms with Gasteiger partial charge in [0.05, 0.1) is 6.61 Å². The Kier molecular flexibility index (Phi) is 5.75. The molecule has 1 saturated carbocycles. The molecule has 1 fully saturated rings. The van der Waals surface area contributed by atoms with Gasteiger partial charge in [0.1, 0.15) is 5.82 Å². The van der Waals surface area contributed by atoms with E-state index in [0.29, 0.717) is 12.5 Å². The van der Waals surface area contributed by atoms with E-state index in [0.717, 1.165) is 41.6 Å². The number of nitrogens with zero attached hydrogens (tertiary/aromatic N) is 1. The van der Waals surface area contributed by atoms with Gasteiger partial charge in [-0.25, -0.2) is 4.39 Å². The molecular weight excluding hydrogens is 363 g/mol. The number of fused-ring (bicyclic) bond motifs is 1. The van der Waals surface area contributed by atoms with Crippen molar-refractivity contribution < 1.29 is 9.13 Å². The molecule has 4 heteroatoms. The Morgan fingerprint density at radius 3 is 2.52 bits per heavy atom. The van der Waals surface area contributed by atoms with Gasteiger partial charge in [-0.05, 0) is 81.9 Å². The Balaban J connectivity index is 1.35. The molecule has 4 rings (SSSR count). The van der Waals surface area contributed by atoms with Crippen LogP contribution >= 0.6 is 0 Å². The average molecular weight is 395 g/mol. The summed E-state index contributed by atoms with van der Waals surface area (Å²) in [6.45, 7) is 3.36. The molecule has 2 aromatic carbocycles. The topological polar surface area (TPSA) is 28.3 Å². The molecule has 1 N–H and O–H groups in total. The van der Waals surface area contributed by atoms with Gasteiger partial charge in [-0.15, -0.1) is 0 Å². The van der Waals surface area contributed by atoms with Gasteiger partial charge in [-0.2, -0.15) is 0 Å². The van der Waals surface area contributed by atoms with Crippen LogP contribution in [0.25, 0.3) is 10.9 Å². The third-order valence-electron chi connectivity index (χ3n) is 6.82. The summed E-state index contributed by atoms with van der Waals surface area (Å²) < 4.78 is 19.6. The SMILES string of the molecule is Cc1c(COCC2CCC(c3ccccc3)(N(C)C)CC2)[nH]c2ccc(F)cc12. The maximum atomic E-state index is 13.5. The molecular formula is C25H31FN2O. The number of hydrogen-bond donors (Lipinski definition) is 1. The molecule has 0 radical (unpaired) electrons. The van der Waals surface area contributed by atoms with E-state index in [1.807, 2.05) is 6.92 Å². The van der Waals surface area contributed by atoms with Gasteiger partial charge in [0.15, 0.2) is 0 Å². The molecule has 0 unspecified atom stereocenters. The zero-order valence-electron chi connectivity index (χ0n) is 17.7. The number of benzene rings is 2. The summed E-state index contributed by atoms with van der Waals surface area (Å²) in [4.78, 5) is 5.78. The van der Waals surface area contributed by atoms with Crippen molar-refractivity contribution in [3.8, 4) is 0 Å². The van der Waals surface area contributed by atoms with Crippen molar-refractivity contribution in [3.63, 3.8) is 0 Å². The molecule has 0 aliphatic heterocycles. The lowest BCUT2D eigenvalue weighted by Crippen LogP contribution is -2.44. The molecule has 0 amide bonds. The van der Waals surface area contributed by atoms with Crippen LogP contribution in [0.2, 0.25) is 0 Å². The number of aromatic nitrogens is 1. The monoisotopic (exact) mass is 394 g/mol. The Morgan fingerprint density at radius 1 is 1.10 bits per heavy atom. The molecule has 3 nitrogen and oxygen atoms in total. The van der Waals surface area contributed by atoms with Crippen LogP contribution in [0.3, 0.4) is 0 Å². The van der Waals surface area contributed by atoms with Crippen molar-refractivity contribution in [2.75, 3.05) is 20.7 Å². The first-order valence-corrected chi connectivity index (χ1v) is 10.6. The lowest BCUT2D eigenvalue weighted by atomic mass is 9.72. The molecule has 1 aliphatic rings. The minimum atomic E-state index is -0.197. The predicted octanol–water partition coefficient (Wildman–Crippen LogP) is 5.78. The molecule has 0 atom stereocenters. The van der Waals surface area contributed by atoms with Crippen LogP contribution in [0.1, 0.15) is 42.5 Å². The van der Waals surface area contributed by atoms with Crippen molar-refractivity contribution in [1.29, 1.82) is 0 Å². The van der Waals surface area contributed by atoms with E-state index in [-0.39, 0.29) is 11.4 Å². The summed E-state index contributed by atoms with van der Waals surface area (Å²) in [6.07, 6.45) is 4.65. The van der Waals surface area contributed by atoms with Crippen molar-refractivity contribution in [1.82, 2.24) is 9.88 Å². The fraction of sp³-hybridized carbons (Fsp3) is 0.440. The maximum absolute atomic E-state index is 13.5. The highest BCUT2D eigenvalue weighted by Crippen LogP contribution is 2.43. The van der Waals surface area contributed by atoms with Crippen molar-refractivity contribution >= 4 is 10.9 Å². The number of ether oxygens (including phenoxy) is 1. The summed E-state index contributed by atoms with van der Waals surface area (Å²) in [5, 5.41) is 0.944. The maximum Gasteiger partial charge on any atom is 0.123 e. The predicted molar refractivity (Wildman–Crippen MR) is 116 cm³/mol. The first-order chi connectivity index (χ1) is 14.0. The van der Waals surface area contributed by atoms with Crippen LogP contribution in [0, 0.1) is 18.7 Å². The zero-order valence-corrected chi connectivity index (χ0v) is 17.7. The zero-order chi connectivity index (χ0) is 20.4. The van der Waals surface area contributed by atoms with E-state index in [2.05, 4.69) is 54.3 Å². The highest BCUT2D eigenvalue weighted by Gasteiger charge is 2.38. The number of halogens is 1. The molecule has 154 valence electrons. The van der Waals surface area contributed by atoms with E-state index >= 15 is 0 Å². The van der Waals surface area contributed by atoms with E-state index in [4.69, 9.17) is 4.74 Å². The summed E-state index contributed by atoms with van der Waals surface area (Å²) in [5.74, 6) is 0.394.